The minimum Gasteiger partial charge on any atom is -0.492 e. The van der Waals surface area contributed by atoms with E-state index in [4.69, 9.17) is 9.47 Å². The number of nitrogens with one attached hydrogen (secondary N) is 2. The smallest absolute Gasteiger partial charge is 0.321 e. The van der Waals surface area contributed by atoms with E-state index in [1.807, 2.05) is 26.0 Å². The van der Waals surface area contributed by atoms with Crippen LogP contribution in [-0.2, 0) is 24.3 Å². The molecule has 0 aliphatic heterocycles. The zero-order valence-corrected chi connectivity index (χ0v) is 17.6. The number of esters is 1. The first-order valence-corrected chi connectivity index (χ1v) is 10.8. The molecule has 0 aliphatic carbocycles. The average Bonchev–Trinajstić information content (AvgIpc) is 2.72. The van der Waals surface area contributed by atoms with Crippen molar-refractivity contribution in [3.8, 4) is 5.75 Å². The van der Waals surface area contributed by atoms with Gasteiger partial charge in [-0.05, 0) is 37.6 Å². The van der Waals surface area contributed by atoms with Crippen LogP contribution in [0.25, 0.3) is 6.08 Å². The number of hydrogen-bond acceptors (Lipinski definition) is 6. The van der Waals surface area contributed by atoms with Crippen molar-refractivity contribution in [2.24, 2.45) is 0 Å². The van der Waals surface area contributed by atoms with Gasteiger partial charge in [-0.1, -0.05) is 42.0 Å². The maximum absolute atomic E-state index is 12.0. The van der Waals surface area contributed by atoms with Crippen molar-refractivity contribution in [2.75, 3.05) is 25.1 Å². The molecular formula is C21H24N2O6S. The van der Waals surface area contributed by atoms with Crippen LogP contribution < -0.4 is 14.8 Å². The van der Waals surface area contributed by atoms with Crippen LogP contribution in [0.4, 0.5) is 5.69 Å². The standard InChI is InChI=1S/C21H24N2O6S/c1-3-28-19-7-5-4-6-18(19)23-20(24)15-29-21(25)14-22-30(26,27)13-12-17-10-8-16(2)9-11-17/h4-13,22H,3,14-15H2,1-2H3,(H,23,24). The summed E-state index contributed by atoms with van der Waals surface area (Å²) in [7, 11) is -3.83. The van der Waals surface area contributed by atoms with Crippen LogP contribution in [0.1, 0.15) is 18.1 Å². The summed E-state index contributed by atoms with van der Waals surface area (Å²) < 4.78 is 36.2. The van der Waals surface area contributed by atoms with Gasteiger partial charge < -0.3 is 14.8 Å². The fourth-order valence-corrected chi connectivity index (χ4v) is 3.04. The summed E-state index contributed by atoms with van der Waals surface area (Å²) in [6, 6.07) is 14.1. The summed E-state index contributed by atoms with van der Waals surface area (Å²) >= 11 is 0. The molecule has 30 heavy (non-hydrogen) atoms. The van der Waals surface area contributed by atoms with Crippen LogP contribution in [0.2, 0.25) is 0 Å². The first-order chi connectivity index (χ1) is 14.3. The number of hydrogen-bond donors (Lipinski definition) is 2. The second-order valence-corrected chi connectivity index (χ2v) is 7.87. The van der Waals surface area contributed by atoms with Gasteiger partial charge in [0.2, 0.25) is 10.0 Å². The van der Waals surface area contributed by atoms with Crippen molar-refractivity contribution in [3.05, 3.63) is 65.1 Å². The van der Waals surface area contributed by atoms with Crippen molar-refractivity contribution >= 4 is 33.7 Å². The predicted molar refractivity (Wildman–Crippen MR) is 114 cm³/mol. The Kier molecular flexibility index (Phi) is 8.57. The van der Waals surface area contributed by atoms with Crippen LogP contribution in [0.15, 0.2) is 53.9 Å². The summed E-state index contributed by atoms with van der Waals surface area (Å²) in [6.07, 6.45) is 1.41. The first-order valence-electron chi connectivity index (χ1n) is 9.21. The maximum Gasteiger partial charge on any atom is 0.321 e. The molecule has 2 aromatic rings. The van der Waals surface area contributed by atoms with E-state index in [1.54, 1.807) is 36.4 Å². The zero-order valence-electron chi connectivity index (χ0n) is 16.8. The Morgan fingerprint density at radius 2 is 1.77 bits per heavy atom. The monoisotopic (exact) mass is 432 g/mol. The molecule has 0 saturated carbocycles. The molecule has 2 aromatic carbocycles. The van der Waals surface area contributed by atoms with E-state index in [0.717, 1.165) is 11.0 Å². The molecule has 9 heteroatoms. The normalized spacial score (nSPS) is 11.3. The van der Waals surface area contributed by atoms with Gasteiger partial charge in [0.1, 0.15) is 12.3 Å². The lowest BCUT2D eigenvalue weighted by molar-refractivity contribution is -0.146. The molecule has 1 amide bonds. The number of benzene rings is 2. The number of ether oxygens (including phenoxy) is 2. The van der Waals surface area contributed by atoms with Gasteiger partial charge in [-0.25, -0.2) is 13.1 Å². The number of carbonyl (C=O) groups is 2. The number of carbonyl (C=O) groups excluding carboxylic acids is 2. The van der Waals surface area contributed by atoms with Crippen molar-refractivity contribution < 1.29 is 27.5 Å². The number of anilines is 1. The molecule has 0 atom stereocenters. The Morgan fingerprint density at radius 3 is 2.47 bits per heavy atom. The summed E-state index contributed by atoms with van der Waals surface area (Å²) in [5, 5.41) is 3.54. The third-order valence-electron chi connectivity index (χ3n) is 3.76. The fourth-order valence-electron chi connectivity index (χ4n) is 2.29. The third kappa shape index (κ3) is 8.06. The quantitative estimate of drug-likeness (QED) is 0.558. The molecule has 2 N–H and O–H groups in total. The molecule has 2 rings (SSSR count). The van der Waals surface area contributed by atoms with Crippen molar-refractivity contribution in [3.63, 3.8) is 0 Å². The van der Waals surface area contributed by atoms with E-state index in [-0.39, 0.29) is 0 Å². The number of amides is 1. The minimum atomic E-state index is -3.83. The first kappa shape index (κ1) is 23.1. The molecule has 0 saturated heterocycles. The highest BCUT2D eigenvalue weighted by Crippen LogP contribution is 2.23. The molecule has 0 radical (unpaired) electrons. The maximum atomic E-state index is 12.0. The average molecular weight is 432 g/mol. The van der Waals surface area contributed by atoms with E-state index in [0.29, 0.717) is 23.6 Å². The number of aryl methyl sites for hydroxylation is 1. The Labute approximate surface area is 175 Å². The molecule has 0 bridgehead atoms. The molecular weight excluding hydrogens is 408 g/mol. The zero-order chi connectivity index (χ0) is 22.0. The van der Waals surface area contributed by atoms with Crippen LogP contribution in [0, 0.1) is 6.92 Å². The number of sulfonamides is 1. The van der Waals surface area contributed by atoms with Gasteiger partial charge in [0, 0.05) is 5.41 Å². The van der Waals surface area contributed by atoms with Gasteiger partial charge >= 0.3 is 5.97 Å². The highest BCUT2D eigenvalue weighted by Gasteiger charge is 2.13. The van der Waals surface area contributed by atoms with Crippen molar-refractivity contribution in [1.82, 2.24) is 4.72 Å². The largest absolute Gasteiger partial charge is 0.492 e. The summed E-state index contributed by atoms with van der Waals surface area (Å²) in [5.41, 5.74) is 2.21. The van der Waals surface area contributed by atoms with Crippen LogP contribution in [0.5, 0.6) is 5.75 Å². The van der Waals surface area contributed by atoms with Gasteiger partial charge in [0.15, 0.2) is 6.61 Å². The molecule has 0 unspecified atom stereocenters. The van der Waals surface area contributed by atoms with Crippen LogP contribution in [-0.4, -0.2) is 40.1 Å². The second-order valence-electron chi connectivity index (χ2n) is 6.22. The summed E-state index contributed by atoms with van der Waals surface area (Å²) in [6.45, 7) is 3.02. The second kappa shape index (κ2) is 11.1. The molecule has 0 fully saturated rings. The van der Waals surface area contributed by atoms with Crippen LogP contribution in [0.3, 0.4) is 0 Å². The summed E-state index contributed by atoms with van der Waals surface area (Å²) in [4.78, 5) is 23.7. The van der Waals surface area contributed by atoms with Gasteiger partial charge in [-0.3, -0.25) is 9.59 Å². The molecule has 0 aliphatic rings. The number of rotatable bonds is 10. The van der Waals surface area contributed by atoms with Gasteiger partial charge in [-0.15, -0.1) is 0 Å². The van der Waals surface area contributed by atoms with Gasteiger partial charge in [-0.2, -0.15) is 0 Å². The third-order valence-corrected chi connectivity index (χ3v) is 4.80. The Hall–Kier alpha value is -3.17. The molecule has 160 valence electrons. The Morgan fingerprint density at radius 1 is 1.07 bits per heavy atom. The Balaban J connectivity index is 1.78. The highest BCUT2D eigenvalue weighted by atomic mass is 32.2. The minimum absolute atomic E-state index is 0.431. The lowest BCUT2D eigenvalue weighted by atomic mass is 10.2. The molecule has 0 aromatic heterocycles. The SMILES string of the molecule is CCOc1ccccc1NC(=O)COC(=O)CNS(=O)(=O)C=Cc1ccc(C)cc1. The fraction of sp³-hybridized carbons (Fsp3) is 0.238. The van der Waals surface area contributed by atoms with E-state index in [2.05, 4.69) is 10.0 Å². The lowest BCUT2D eigenvalue weighted by Crippen LogP contribution is -2.31. The van der Waals surface area contributed by atoms with E-state index in [1.165, 1.54) is 6.08 Å². The number of para-hydroxylation sites is 2. The van der Waals surface area contributed by atoms with E-state index in [9.17, 15) is 18.0 Å². The molecule has 0 heterocycles. The predicted octanol–water partition coefficient (Wildman–Crippen LogP) is 2.47. The Bertz CT molecular complexity index is 1000. The van der Waals surface area contributed by atoms with Crippen molar-refractivity contribution in [2.45, 2.75) is 13.8 Å². The highest BCUT2D eigenvalue weighted by molar-refractivity contribution is 7.92. The van der Waals surface area contributed by atoms with Crippen LogP contribution >= 0.6 is 0 Å². The molecule has 0 spiro atoms. The van der Waals surface area contributed by atoms with Crippen molar-refractivity contribution in [1.29, 1.82) is 0 Å². The summed E-state index contributed by atoms with van der Waals surface area (Å²) in [5.74, 6) is -0.957. The van der Waals surface area contributed by atoms with E-state index >= 15 is 0 Å². The topological polar surface area (TPSA) is 111 Å². The van der Waals surface area contributed by atoms with Gasteiger partial charge in [0.05, 0.1) is 12.3 Å². The van der Waals surface area contributed by atoms with E-state index < -0.39 is 35.1 Å². The van der Waals surface area contributed by atoms with Gasteiger partial charge in [0.25, 0.3) is 5.91 Å². The molecule has 8 nitrogen and oxygen atoms in total. The lowest BCUT2D eigenvalue weighted by Gasteiger charge is -2.11.